The van der Waals surface area contributed by atoms with Gasteiger partial charge in [0.05, 0.1) is 24.9 Å². The highest BCUT2D eigenvalue weighted by atomic mass is 79.9. The van der Waals surface area contributed by atoms with Gasteiger partial charge in [-0.3, -0.25) is 4.68 Å². The van der Waals surface area contributed by atoms with Crippen molar-refractivity contribution < 1.29 is 4.74 Å². The molecule has 3 nitrogen and oxygen atoms in total. The predicted octanol–water partition coefficient (Wildman–Crippen LogP) is 5.27. The van der Waals surface area contributed by atoms with Crippen LogP contribution in [0.2, 0.25) is 0 Å². The van der Waals surface area contributed by atoms with Gasteiger partial charge in [0.1, 0.15) is 5.75 Å². The van der Waals surface area contributed by atoms with Gasteiger partial charge in [-0.15, -0.1) is 0 Å². The molecule has 120 valence electrons. The van der Waals surface area contributed by atoms with Crippen molar-refractivity contribution in [1.29, 1.82) is 0 Å². The highest BCUT2D eigenvalue weighted by Gasteiger charge is 2.14. The minimum atomic E-state index is 0.128. The smallest absolute Gasteiger partial charge is 0.124 e. The maximum atomic E-state index is 6.06. The first-order valence-electron chi connectivity index (χ1n) is 7.74. The van der Waals surface area contributed by atoms with Gasteiger partial charge in [-0.05, 0) is 29.7 Å². The van der Waals surface area contributed by atoms with E-state index >= 15 is 0 Å². The van der Waals surface area contributed by atoms with E-state index in [1.165, 1.54) is 0 Å². The summed E-state index contributed by atoms with van der Waals surface area (Å²) in [7, 11) is 0. The molecule has 3 aromatic rings. The van der Waals surface area contributed by atoms with Crippen LogP contribution in [0.4, 0.5) is 0 Å². The van der Waals surface area contributed by atoms with Crippen LogP contribution < -0.4 is 4.74 Å². The number of aromatic nitrogens is 2. The summed E-state index contributed by atoms with van der Waals surface area (Å²) in [5.74, 6) is 0.919. The summed E-state index contributed by atoms with van der Waals surface area (Å²) in [6.45, 7) is 7.89. The molecule has 0 fully saturated rings. The van der Waals surface area contributed by atoms with Crippen molar-refractivity contribution in [2.75, 3.05) is 6.61 Å². The average molecular weight is 373 g/mol. The van der Waals surface area contributed by atoms with Gasteiger partial charge in [0.15, 0.2) is 0 Å². The van der Waals surface area contributed by atoms with Crippen LogP contribution in [0.3, 0.4) is 0 Å². The monoisotopic (exact) mass is 372 g/mol. The second-order valence-corrected chi connectivity index (χ2v) is 7.88. The zero-order valence-corrected chi connectivity index (χ0v) is 15.3. The third-order valence-corrected chi connectivity index (χ3v) is 4.05. The minimum absolute atomic E-state index is 0.128. The number of rotatable bonds is 4. The van der Waals surface area contributed by atoms with Gasteiger partial charge in [0.25, 0.3) is 0 Å². The maximum Gasteiger partial charge on any atom is 0.124 e. The number of nitrogens with zero attached hydrogens (tertiary/aromatic N) is 2. The van der Waals surface area contributed by atoms with Crippen LogP contribution in [0.5, 0.6) is 5.75 Å². The molecule has 0 bridgehead atoms. The van der Waals surface area contributed by atoms with E-state index < -0.39 is 0 Å². The molecule has 3 rings (SSSR count). The first-order chi connectivity index (χ1) is 10.9. The molecule has 0 aliphatic carbocycles. The number of para-hydroxylation sites is 1. The molecule has 4 heteroatoms. The summed E-state index contributed by atoms with van der Waals surface area (Å²) in [6.07, 6.45) is 1.91. The minimum Gasteiger partial charge on any atom is -0.493 e. The van der Waals surface area contributed by atoms with E-state index in [0.29, 0.717) is 13.2 Å². The van der Waals surface area contributed by atoms with Crippen molar-refractivity contribution in [2.45, 2.75) is 27.3 Å². The summed E-state index contributed by atoms with van der Waals surface area (Å²) < 4.78 is 9.12. The molecular formula is C19H21BrN2O. The third-order valence-electron chi connectivity index (χ3n) is 3.55. The fourth-order valence-electron chi connectivity index (χ4n) is 2.42. The molecule has 0 radical (unpaired) electrons. The van der Waals surface area contributed by atoms with E-state index in [0.717, 1.165) is 26.7 Å². The van der Waals surface area contributed by atoms with Gasteiger partial charge in [0, 0.05) is 15.4 Å². The van der Waals surface area contributed by atoms with Crippen molar-refractivity contribution in [3.63, 3.8) is 0 Å². The molecule has 0 aliphatic rings. The lowest BCUT2D eigenvalue weighted by atomic mass is 9.98. The van der Waals surface area contributed by atoms with Crippen molar-refractivity contribution >= 4 is 26.8 Å². The molecule has 0 saturated heterocycles. The molecule has 0 aliphatic heterocycles. The number of fused-ring (bicyclic) bond motifs is 1. The molecule has 2 aromatic carbocycles. The standard InChI is InChI=1S/C19H21BrN2O/c1-19(2,3)13-23-18-9-8-16(20)10-15(18)12-22-17-7-5-4-6-14(17)11-21-22/h4-11H,12-13H2,1-3H3. The Morgan fingerprint density at radius 3 is 2.70 bits per heavy atom. The number of hydrogen-bond acceptors (Lipinski definition) is 2. The number of benzene rings is 2. The summed E-state index contributed by atoms with van der Waals surface area (Å²) in [6, 6.07) is 14.4. The summed E-state index contributed by atoms with van der Waals surface area (Å²) in [5, 5.41) is 5.67. The third kappa shape index (κ3) is 3.94. The zero-order valence-electron chi connectivity index (χ0n) is 13.7. The normalized spacial score (nSPS) is 11.8. The highest BCUT2D eigenvalue weighted by molar-refractivity contribution is 9.10. The summed E-state index contributed by atoms with van der Waals surface area (Å²) >= 11 is 3.56. The predicted molar refractivity (Wildman–Crippen MR) is 97.9 cm³/mol. The van der Waals surface area contributed by atoms with Gasteiger partial charge in [0.2, 0.25) is 0 Å². The molecule has 0 atom stereocenters. The summed E-state index contributed by atoms with van der Waals surface area (Å²) in [5.41, 5.74) is 2.38. The maximum absolute atomic E-state index is 6.06. The van der Waals surface area contributed by atoms with E-state index in [2.05, 4.69) is 60.0 Å². The van der Waals surface area contributed by atoms with Crippen LogP contribution in [-0.4, -0.2) is 16.4 Å². The Bertz CT molecular complexity index is 818. The molecule has 0 unspecified atom stereocenters. The number of ether oxygens (including phenoxy) is 1. The van der Waals surface area contributed by atoms with E-state index in [4.69, 9.17) is 4.74 Å². The van der Waals surface area contributed by atoms with Gasteiger partial charge in [-0.25, -0.2) is 0 Å². The van der Waals surface area contributed by atoms with Crippen molar-refractivity contribution in [3.05, 3.63) is 58.7 Å². The van der Waals surface area contributed by atoms with Crippen LogP contribution in [0.15, 0.2) is 53.1 Å². The Hall–Kier alpha value is -1.81. The lowest BCUT2D eigenvalue weighted by Gasteiger charge is -2.20. The van der Waals surface area contributed by atoms with Crippen molar-refractivity contribution in [3.8, 4) is 5.75 Å². The lowest BCUT2D eigenvalue weighted by Crippen LogP contribution is -2.17. The fraction of sp³-hybridized carbons (Fsp3) is 0.316. The first-order valence-corrected chi connectivity index (χ1v) is 8.53. The van der Waals surface area contributed by atoms with Crippen LogP contribution >= 0.6 is 15.9 Å². The molecule has 1 heterocycles. The molecule has 0 spiro atoms. The fourth-order valence-corrected chi connectivity index (χ4v) is 2.83. The zero-order chi connectivity index (χ0) is 16.4. The van der Waals surface area contributed by atoms with Crippen molar-refractivity contribution in [2.24, 2.45) is 5.41 Å². The SMILES string of the molecule is CC(C)(C)COc1ccc(Br)cc1Cn1ncc2ccccc21. The van der Waals surface area contributed by atoms with E-state index in [9.17, 15) is 0 Å². The summed E-state index contributed by atoms with van der Waals surface area (Å²) in [4.78, 5) is 0. The second kappa shape index (κ2) is 6.36. The first kappa shape index (κ1) is 16.1. The van der Waals surface area contributed by atoms with Crippen LogP contribution in [0.25, 0.3) is 10.9 Å². The highest BCUT2D eigenvalue weighted by Crippen LogP contribution is 2.27. The quantitative estimate of drug-likeness (QED) is 0.623. The molecule has 0 saturated carbocycles. The Balaban J connectivity index is 1.91. The Labute approximate surface area is 145 Å². The van der Waals surface area contributed by atoms with Gasteiger partial charge in [-0.1, -0.05) is 54.9 Å². The van der Waals surface area contributed by atoms with Gasteiger partial charge in [-0.2, -0.15) is 5.10 Å². The molecule has 1 aromatic heterocycles. The van der Waals surface area contributed by atoms with Gasteiger partial charge >= 0.3 is 0 Å². The second-order valence-electron chi connectivity index (χ2n) is 6.96. The van der Waals surface area contributed by atoms with Crippen molar-refractivity contribution in [1.82, 2.24) is 9.78 Å². The number of halogens is 1. The molecule has 0 amide bonds. The molecule has 23 heavy (non-hydrogen) atoms. The topological polar surface area (TPSA) is 27.1 Å². The largest absolute Gasteiger partial charge is 0.493 e. The average Bonchev–Trinajstić information content (AvgIpc) is 2.89. The van der Waals surface area contributed by atoms with Gasteiger partial charge < -0.3 is 4.74 Å². The van der Waals surface area contributed by atoms with Crippen LogP contribution in [0, 0.1) is 5.41 Å². The van der Waals surface area contributed by atoms with E-state index in [-0.39, 0.29) is 5.41 Å². The molecular weight excluding hydrogens is 352 g/mol. The Kier molecular flexibility index (Phi) is 4.44. The Morgan fingerprint density at radius 2 is 1.91 bits per heavy atom. The van der Waals surface area contributed by atoms with Crippen LogP contribution in [0.1, 0.15) is 26.3 Å². The van der Waals surface area contributed by atoms with Crippen LogP contribution in [-0.2, 0) is 6.54 Å². The lowest BCUT2D eigenvalue weighted by molar-refractivity contribution is 0.196. The Morgan fingerprint density at radius 1 is 1.13 bits per heavy atom. The van der Waals surface area contributed by atoms with E-state index in [1.54, 1.807) is 0 Å². The number of hydrogen-bond donors (Lipinski definition) is 0. The molecule has 0 N–H and O–H groups in total. The van der Waals surface area contributed by atoms with E-state index in [1.807, 2.05) is 35.1 Å².